The summed E-state index contributed by atoms with van der Waals surface area (Å²) in [6.07, 6.45) is 0. The number of aryl methyl sites for hydroxylation is 2. The Balaban J connectivity index is 1.66. The molecule has 0 saturated heterocycles. The van der Waals surface area contributed by atoms with E-state index in [1.54, 1.807) is 0 Å². The van der Waals surface area contributed by atoms with Crippen LogP contribution in [0.2, 0.25) is 0 Å². The van der Waals surface area contributed by atoms with Gasteiger partial charge in [0, 0.05) is 0 Å². The van der Waals surface area contributed by atoms with Crippen LogP contribution in [0.15, 0.2) is 36.4 Å². The first-order valence-corrected chi connectivity index (χ1v) is 8.20. The third-order valence-electron chi connectivity index (χ3n) is 3.66. The van der Waals surface area contributed by atoms with Crippen molar-refractivity contribution in [2.45, 2.75) is 20.8 Å². The van der Waals surface area contributed by atoms with Crippen molar-refractivity contribution in [3.8, 4) is 5.75 Å². The molecular weight excluding hydrogens is 308 g/mol. The van der Waals surface area contributed by atoms with E-state index in [4.69, 9.17) is 4.74 Å². The number of fused-ring (bicyclic) bond motifs is 1. The molecule has 118 valence electrons. The predicted molar refractivity (Wildman–Crippen MR) is 94.4 cm³/mol. The van der Waals surface area contributed by atoms with E-state index in [0.717, 1.165) is 32.7 Å². The quantitative estimate of drug-likeness (QED) is 0.780. The predicted octanol–water partition coefficient (Wildman–Crippen LogP) is 4.24. The largest absolute Gasteiger partial charge is 0.483 e. The van der Waals surface area contributed by atoms with Crippen LogP contribution in [0.3, 0.4) is 0 Å². The summed E-state index contributed by atoms with van der Waals surface area (Å²) >= 11 is 1.46. The molecule has 0 saturated carbocycles. The first kappa shape index (κ1) is 15.5. The first-order valence-electron chi connectivity index (χ1n) is 7.39. The molecule has 0 spiro atoms. The van der Waals surface area contributed by atoms with Gasteiger partial charge in [-0.05, 0) is 55.7 Å². The van der Waals surface area contributed by atoms with Gasteiger partial charge in [0.15, 0.2) is 11.7 Å². The molecule has 1 aromatic heterocycles. The number of carbonyl (C=O) groups is 1. The summed E-state index contributed by atoms with van der Waals surface area (Å²) in [5, 5.41) is 3.39. The summed E-state index contributed by atoms with van der Waals surface area (Å²) in [6, 6.07) is 11.9. The molecule has 1 N–H and O–H groups in total. The Bertz CT molecular complexity index is 838. The van der Waals surface area contributed by atoms with Gasteiger partial charge in [0.25, 0.3) is 5.91 Å². The third kappa shape index (κ3) is 3.51. The van der Waals surface area contributed by atoms with Crippen molar-refractivity contribution in [1.29, 1.82) is 0 Å². The topological polar surface area (TPSA) is 51.2 Å². The molecule has 3 aromatic rings. The Labute approximate surface area is 139 Å². The van der Waals surface area contributed by atoms with Crippen molar-refractivity contribution in [1.82, 2.24) is 4.98 Å². The lowest BCUT2D eigenvalue weighted by Crippen LogP contribution is -2.20. The SMILES string of the molecule is Cc1cc(C)c(C)c(OCC(=O)Nc2nc3ccccc3s2)c1. The van der Waals surface area contributed by atoms with Crippen LogP contribution in [-0.4, -0.2) is 17.5 Å². The fourth-order valence-electron chi connectivity index (χ4n) is 2.38. The van der Waals surface area contributed by atoms with E-state index < -0.39 is 0 Å². The number of benzene rings is 2. The maximum absolute atomic E-state index is 12.1. The van der Waals surface area contributed by atoms with Crippen molar-refractivity contribution >= 4 is 32.6 Å². The van der Waals surface area contributed by atoms with Gasteiger partial charge in [0.1, 0.15) is 5.75 Å². The van der Waals surface area contributed by atoms with Crippen LogP contribution in [0.4, 0.5) is 5.13 Å². The summed E-state index contributed by atoms with van der Waals surface area (Å²) < 4.78 is 6.72. The number of hydrogen-bond acceptors (Lipinski definition) is 4. The second-order valence-corrected chi connectivity index (χ2v) is 6.56. The van der Waals surface area contributed by atoms with Gasteiger partial charge in [-0.25, -0.2) is 4.98 Å². The maximum atomic E-state index is 12.1. The van der Waals surface area contributed by atoms with E-state index in [1.165, 1.54) is 11.3 Å². The van der Waals surface area contributed by atoms with Gasteiger partial charge in [-0.15, -0.1) is 0 Å². The molecule has 23 heavy (non-hydrogen) atoms. The Hall–Kier alpha value is -2.40. The maximum Gasteiger partial charge on any atom is 0.264 e. The molecule has 0 fully saturated rings. The number of ether oxygens (including phenoxy) is 1. The van der Waals surface area contributed by atoms with Crippen molar-refractivity contribution in [3.63, 3.8) is 0 Å². The normalized spacial score (nSPS) is 10.7. The monoisotopic (exact) mass is 326 g/mol. The third-order valence-corrected chi connectivity index (χ3v) is 4.61. The molecule has 2 aromatic carbocycles. The van der Waals surface area contributed by atoms with Crippen LogP contribution in [0.25, 0.3) is 10.2 Å². The Morgan fingerprint density at radius 3 is 2.78 bits per heavy atom. The smallest absolute Gasteiger partial charge is 0.264 e. The van der Waals surface area contributed by atoms with E-state index in [2.05, 4.69) is 16.4 Å². The number of nitrogens with zero attached hydrogens (tertiary/aromatic N) is 1. The summed E-state index contributed by atoms with van der Waals surface area (Å²) in [5.74, 6) is 0.546. The van der Waals surface area contributed by atoms with Gasteiger partial charge in [-0.1, -0.05) is 29.5 Å². The van der Waals surface area contributed by atoms with E-state index >= 15 is 0 Å². The average Bonchev–Trinajstić information content (AvgIpc) is 2.91. The van der Waals surface area contributed by atoms with Crippen LogP contribution < -0.4 is 10.1 Å². The summed E-state index contributed by atoms with van der Waals surface area (Å²) in [6.45, 7) is 6.02. The lowest BCUT2D eigenvalue weighted by atomic mass is 10.1. The molecule has 0 radical (unpaired) electrons. The van der Waals surface area contributed by atoms with Crippen molar-refractivity contribution in [3.05, 3.63) is 53.1 Å². The van der Waals surface area contributed by atoms with E-state index in [0.29, 0.717) is 5.13 Å². The highest BCUT2D eigenvalue weighted by atomic mass is 32.1. The van der Waals surface area contributed by atoms with Crippen LogP contribution in [0, 0.1) is 20.8 Å². The average molecular weight is 326 g/mol. The zero-order valence-electron chi connectivity index (χ0n) is 13.3. The molecule has 1 heterocycles. The highest BCUT2D eigenvalue weighted by Gasteiger charge is 2.10. The minimum Gasteiger partial charge on any atom is -0.483 e. The minimum absolute atomic E-state index is 0.0281. The van der Waals surface area contributed by atoms with Crippen LogP contribution >= 0.6 is 11.3 Å². The molecule has 0 aliphatic rings. The lowest BCUT2D eigenvalue weighted by Gasteiger charge is -2.11. The highest BCUT2D eigenvalue weighted by molar-refractivity contribution is 7.22. The number of anilines is 1. The van der Waals surface area contributed by atoms with Crippen molar-refractivity contribution < 1.29 is 9.53 Å². The number of amides is 1. The molecule has 1 amide bonds. The Morgan fingerprint density at radius 1 is 1.22 bits per heavy atom. The van der Waals surface area contributed by atoms with Crippen LogP contribution in [0.5, 0.6) is 5.75 Å². The number of carbonyl (C=O) groups excluding carboxylic acids is 1. The molecular formula is C18H18N2O2S. The molecule has 0 bridgehead atoms. The van der Waals surface area contributed by atoms with Gasteiger partial charge >= 0.3 is 0 Å². The molecule has 0 aliphatic heterocycles. The Kier molecular flexibility index (Phi) is 4.30. The van der Waals surface area contributed by atoms with Gasteiger partial charge in [-0.3, -0.25) is 10.1 Å². The van der Waals surface area contributed by atoms with Gasteiger partial charge in [-0.2, -0.15) is 0 Å². The van der Waals surface area contributed by atoms with Gasteiger partial charge < -0.3 is 4.74 Å². The molecule has 4 nitrogen and oxygen atoms in total. The summed E-state index contributed by atoms with van der Waals surface area (Å²) in [7, 11) is 0. The summed E-state index contributed by atoms with van der Waals surface area (Å²) in [5.41, 5.74) is 4.23. The fourth-order valence-corrected chi connectivity index (χ4v) is 3.26. The van der Waals surface area contributed by atoms with Gasteiger partial charge in [0.2, 0.25) is 0 Å². The lowest BCUT2D eigenvalue weighted by molar-refractivity contribution is -0.118. The number of hydrogen-bond donors (Lipinski definition) is 1. The van der Waals surface area contributed by atoms with E-state index in [1.807, 2.05) is 51.1 Å². The van der Waals surface area contributed by atoms with Gasteiger partial charge in [0.05, 0.1) is 10.2 Å². The molecule has 0 atom stereocenters. The number of para-hydroxylation sites is 1. The van der Waals surface area contributed by atoms with E-state index in [-0.39, 0.29) is 12.5 Å². The van der Waals surface area contributed by atoms with Crippen molar-refractivity contribution in [2.75, 3.05) is 11.9 Å². The van der Waals surface area contributed by atoms with Crippen LogP contribution in [-0.2, 0) is 4.79 Å². The molecule has 0 unspecified atom stereocenters. The number of nitrogens with one attached hydrogen (secondary N) is 1. The summed E-state index contributed by atoms with van der Waals surface area (Å²) in [4.78, 5) is 16.5. The number of thiazole rings is 1. The number of rotatable bonds is 4. The van der Waals surface area contributed by atoms with E-state index in [9.17, 15) is 4.79 Å². The zero-order chi connectivity index (χ0) is 16.4. The van der Waals surface area contributed by atoms with Crippen molar-refractivity contribution in [2.24, 2.45) is 0 Å². The standard InChI is InChI=1S/C18H18N2O2S/c1-11-8-12(2)13(3)15(9-11)22-10-17(21)20-18-19-14-6-4-5-7-16(14)23-18/h4-9H,10H2,1-3H3,(H,19,20,21). The fraction of sp³-hybridized carbons (Fsp3) is 0.222. The molecule has 3 rings (SSSR count). The molecule has 0 aliphatic carbocycles. The zero-order valence-corrected chi connectivity index (χ0v) is 14.2. The second-order valence-electron chi connectivity index (χ2n) is 5.53. The van der Waals surface area contributed by atoms with Crippen LogP contribution in [0.1, 0.15) is 16.7 Å². The Morgan fingerprint density at radius 2 is 2.00 bits per heavy atom. The second kappa shape index (κ2) is 6.38. The highest BCUT2D eigenvalue weighted by Crippen LogP contribution is 2.26. The minimum atomic E-state index is -0.206. The number of aromatic nitrogens is 1. The first-order chi connectivity index (χ1) is 11.0. The molecule has 5 heteroatoms.